The van der Waals surface area contributed by atoms with Crippen molar-refractivity contribution in [3.63, 3.8) is 0 Å². The molecule has 0 spiro atoms. The van der Waals surface area contributed by atoms with Gasteiger partial charge in [0.1, 0.15) is 0 Å². The Hall–Kier alpha value is -3.61. The van der Waals surface area contributed by atoms with Crippen LogP contribution in [0.25, 0.3) is 17.2 Å². The van der Waals surface area contributed by atoms with Crippen molar-refractivity contribution in [2.45, 2.75) is 0 Å². The molecule has 2 aromatic heterocycles. The number of benzene rings is 1. The number of nitrogens with zero attached hydrogens (tertiary/aromatic N) is 3. The maximum atomic E-state index is 12.2. The molecule has 3 aromatic rings. The summed E-state index contributed by atoms with van der Waals surface area (Å²) in [7, 11) is 1.86. The van der Waals surface area contributed by atoms with Crippen LogP contribution in [0.15, 0.2) is 55.1 Å². The number of nitrogens with one attached hydrogen (secondary N) is 1. The predicted octanol–water partition coefficient (Wildman–Crippen LogP) is 2.86. The molecule has 130 valence electrons. The third kappa shape index (κ3) is 3.27. The van der Waals surface area contributed by atoms with E-state index in [0.717, 1.165) is 16.7 Å². The highest BCUT2D eigenvalue weighted by Gasteiger charge is 2.13. The van der Waals surface area contributed by atoms with Crippen LogP contribution in [0, 0.1) is 0 Å². The Balaban J connectivity index is 1.50. The molecule has 7 heteroatoms. The first kappa shape index (κ1) is 15.9. The monoisotopic (exact) mass is 348 g/mol. The maximum Gasteiger partial charge on any atom is 0.248 e. The van der Waals surface area contributed by atoms with Gasteiger partial charge in [0.15, 0.2) is 11.5 Å². The van der Waals surface area contributed by atoms with Gasteiger partial charge in [0.2, 0.25) is 12.7 Å². The van der Waals surface area contributed by atoms with Crippen molar-refractivity contribution in [1.29, 1.82) is 0 Å². The fourth-order valence-corrected chi connectivity index (χ4v) is 2.69. The number of ether oxygens (including phenoxy) is 2. The van der Waals surface area contributed by atoms with Gasteiger partial charge in [-0.25, -0.2) is 0 Å². The smallest absolute Gasteiger partial charge is 0.248 e. The second kappa shape index (κ2) is 6.72. The van der Waals surface area contributed by atoms with Gasteiger partial charge >= 0.3 is 0 Å². The van der Waals surface area contributed by atoms with E-state index in [1.165, 1.54) is 6.08 Å². The Morgan fingerprint density at radius 3 is 2.96 bits per heavy atom. The maximum absolute atomic E-state index is 12.2. The van der Waals surface area contributed by atoms with E-state index in [4.69, 9.17) is 9.47 Å². The van der Waals surface area contributed by atoms with Crippen molar-refractivity contribution >= 4 is 17.7 Å². The highest BCUT2D eigenvalue weighted by atomic mass is 16.7. The summed E-state index contributed by atoms with van der Waals surface area (Å²) in [6.45, 7) is 0.199. The minimum Gasteiger partial charge on any atom is -0.454 e. The van der Waals surface area contributed by atoms with Gasteiger partial charge in [0.05, 0.1) is 6.20 Å². The summed E-state index contributed by atoms with van der Waals surface area (Å²) in [5, 5.41) is 6.99. The third-order valence-corrected chi connectivity index (χ3v) is 3.92. The predicted molar refractivity (Wildman–Crippen MR) is 96.7 cm³/mol. The Morgan fingerprint density at radius 2 is 2.12 bits per heavy atom. The molecule has 7 nitrogen and oxygen atoms in total. The van der Waals surface area contributed by atoms with Crippen molar-refractivity contribution in [1.82, 2.24) is 14.8 Å². The number of amides is 1. The minimum atomic E-state index is -0.246. The first-order valence-electron chi connectivity index (χ1n) is 8.01. The van der Waals surface area contributed by atoms with Crippen molar-refractivity contribution < 1.29 is 14.3 Å². The fourth-order valence-electron chi connectivity index (χ4n) is 2.69. The molecule has 0 aliphatic carbocycles. The molecule has 26 heavy (non-hydrogen) atoms. The number of anilines is 1. The van der Waals surface area contributed by atoms with Crippen LogP contribution >= 0.6 is 0 Å². The Bertz CT molecular complexity index is 994. The quantitative estimate of drug-likeness (QED) is 0.734. The summed E-state index contributed by atoms with van der Waals surface area (Å²) < 4.78 is 12.3. The molecule has 0 saturated heterocycles. The zero-order chi connectivity index (χ0) is 17.9. The number of aryl methyl sites for hydroxylation is 1. The summed E-state index contributed by atoms with van der Waals surface area (Å²) in [5.74, 6) is 1.05. The SMILES string of the molecule is Cn1cc(-c2ccncc2/C=C/C(=O)Nc2ccc3c(c2)OCO3)cn1. The van der Waals surface area contributed by atoms with E-state index >= 15 is 0 Å². The first-order chi connectivity index (χ1) is 12.7. The normalized spacial score (nSPS) is 12.5. The molecule has 0 atom stereocenters. The summed E-state index contributed by atoms with van der Waals surface area (Å²) in [6.07, 6.45) is 10.3. The lowest BCUT2D eigenvalue weighted by atomic mass is 10.0. The average molecular weight is 348 g/mol. The lowest BCUT2D eigenvalue weighted by molar-refractivity contribution is -0.111. The second-order valence-corrected chi connectivity index (χ2v) is 5.76. The molecule has 0 radical (unpaired) electrons. The molecule has 0 bridgehead atoms. The van der Waals surface area contributed by atoms with Crippen LogP contribution in [0.2, 0.25) is 0 Å². The van der Waals surface area contributed by atoms with Gasteiger partial charge < -0.3 is 14.8 Å². The van der Waals surface area contributed by atoms with Gasteiger partial charge in [-0.2, -0.15) is 5.10 Å². The molecule has 1 aliphatic heterocycles. The van der Waals surface area contributed by atoms with Crippen LogP contribution in [-0.4, -0.2) is 27.5 Å². The van der Waals surface area contributed by atoms with E-state index in [2.05, 4.69) is 15.4 Å². The topological polar surface area (TPSA) is 78.3 Å². The van der Waals surface area contributed by atoms with E-state index in [-0.39, 0.29) is 12.7 Å². The Kier molecular flexibility index (Phi) is 4.10. The molecule has 0 fully saturated rings. The third-order valence-electron chi connectivity index (χ3n) is 3.92. The molecule has 1 aromatic carbocycles. The first-order valence-corrected chi connectivity index (χ1v) is 8.01. The molecular weight excluding hydrogens is 332 g/mol. The summed E-state index contributed by atoms with van der Waals surface area (Å²) in [4.78, 5) is 16.4. The van der Waals surface area contributed by atoms with Gasteiger partial charge in [0, 0.05) is 54.6 Å². The van der Waals surface area contributed by atoms with Gasteiger partial charge in [-0.05, 0) is 29.8 Å². The molecule has 4 rings (SSSR count). The number of aromatic nitrogens is 3. The zero-order valence-corrected chi connectivity index (χ0v) is 14.0. The average Bonchev–Trinajstić information content (AvgIpc) is 3.28. The van der Waals surface area contributed by atoms with E-state index in [9.17, 15) is 4.79 Å². The molecule has 0 saturated carbocycles. The summed E-state index contributed by atoms with van der Waals surface area (Å²) in [6, 6.07) is 7.17. The van der Waals surface area contributed by atoms with E-state index < -0.39 is 0 Å². The van der Waals surface area contributed by atoms with Crippen molar-refractivity contribution in [2.24, 2.45) is 7.05 Å². The van der Waals surface area contributed by atoms with Crippen molar-refractivity contribution in [2.75, 3.05) is 12.1 Å². The van der Waals surface area contributed by atoms with Crippen molar-refractivity contribution in [3.8, 4) is 22.6 Å². The van der Waals surface area contributed by atoms with Gasteiger partial charge in [-0.1, -0.05) is 0 Å². The Labute approximate surface area is 149 Å². The van der Waals surface area contributed by atoms with Crippen LogP contribution in [0.3, 0.4) is 0 Å². The van der Waals surface area contributed by atoms with Crippen LogP contribution < -0.4 is 14.8 Å². The number of hydrogen-bond acceptors (Lipinski definition) is 5. The Morgan fingerprint density at radius 1 is 1.23 bits per heavy atom. The number of pyridine rings is 1. The second-order valence-electron chi connectivity index (χ2n) is 5.76. The largest absolute Gasteiger partial charge is 0.454 e. The van der Waals surface area contributed by atoms with Gasteiger partial charge in [0.25, 0.3) is 0 Å². The van der Waals surface area contributed by atoms with Gasteiger partial charge in [-0.15, -0.1) is 0 Å². The highest BCUT2D eigenvalue weighted by Crippen LogP contribution is 2.34. The molecular formula is C19H16N4O3. The van der Waals surface area contributed by atoms with Crippen LogP contribution in [0.5, 0.6) is 11.5 Å². The lowest BCUT2D eigenvalue weighted by Gasteiger charge is -2.04. The molecule has 1 N–H and O–H groups in total. The van der Waals surface area contributed by atoms with E-state index in [1.807, 2.05) is 19.3 Å². The number of carbonyl (C=O) groups excluding carboxylic acids is 1. The lowest BCUT2D eigenvalue weighted by Crippen LogP contribution is -2.07. The molecule has 0 unspecified atom stereocenters. The van der Waals surface area contributed by atoms with Crippen LogP contribution in [-0.2, 0) is 11.8 Å². The molecule has 1 amide bonds. The number of carbonyl (C=O) groups is 1. The number of hydrogen-bond donors (Lipinski definition) is 1. The van der Waals surface area contributed by atoms with E-state index in [0.29, 0.717) is 17.2 Å². The van der Waals surface area contributed by atoms with Gasteiger partial charge in [-0.3, -0.25) is 14.5 Å². The summed E-state index contributed by atoms with van der Waals surface area (Å²) in [5.41, 5.74) is 3.40. The van der Waals surface area contributed by atoms with Crippen LogP contribution in [0.1, 0.15) is 5.56 Å². The van der Waals surface area contributed by atoms with Crippen LogP contribution in [0.4, 0.5) is 5.69 Å². The van der Waals surface area contributed by atoms with E-state index in [1.54, 1.807) is 47.5 Å². The molecule has 3 heterocycles. The number of rotatable bonds is 4. The minimum absolute atomic E-state index is 0.199. The molecule has 1 aliphatic rings. The number of fused-ring (bicyclic) bond motifs is 1. The highest BCUT2D eigenvalue weighted by molar-refractivity contribution is 6.02. The zero-order valence-electron chi connectivity index (χ0n) is 14.0. The standard InChI is InChI=1S/C19H16N4O3/c1-23-11-14(10-21-23)16-6-7-20-9-13(16)2-5-19(24)22-15-3-4-17-18(8-15)26-12-25-17/h2-11H,12H2,1H3,(H,22,24)/b5-2+. The summed E-state index contributed by atoms with van der Waals surface area (Å²) >= 11 is 0. The fraction of sp³-hybridized carbons (Fsp3) is 0.105. The van der Waals surface area contributed by atoms with Crippen molar-refractivity contribution in [3.05, 3.63) is 60.7 Å².